The van der Waals surface area contributed by atoms with Gasteiger partial charge in [-0.1, -0.05) is 12.1 Å². The first kappa shape index (κ1) is 14.0. The second kappa shape index (κ2) is 6.14. The molecule has 1 aromatic carbocycles. The molecule has 0 radical (unpaired) electrons. The molecule has 0 spiro atoms. The monoisotopic (exact) mass is 270 g/mol. The van der Waals surface area contributed by atoms with Crippen molar-refractivity contribution in [3.63, 3.8) is 0 Å². The highest BCUT2D eigenvalue weighted by Crippen LogP contribution is 2.17. The van der Waals surface area contributed by atoms with Crippen LogP contribution in [-0.2, 0) is 6.54 Å². The van der Waals surface area contributed by atoms with Crippen LogP contribution in [-0.4, -0.2) is 34.9 Å². The summed E-state index contributed by atoms with van der Waals surface area (Å²) in [5, 5.41) is 3.25. The molecule has 5 nitrogen and oxygen atoms in total. The van der Waals surface area contributed by atoms with Gasteiger partial charge in [0.15, 0.2) is 0 Å². The number of amides is 1. The van der Waals surface area contributed by atoms with E-state index in [0.29, 0.717) is 12.1 Å². The van der Waals surface area contributed by atoms with Gasteiger partial charge in [-0.25, -0.2) is 9.97 Å². The van der Waals surface area contributed by atoms with Gasteiger partial charge in [-0.2, -0.15) is 0 Å². The van der Waals surface area contributed by atoms with E-state index < -0.39 is 0 Å². The highest BCUT2D eigenvalue weighted by molar-refractivity contribution is 5.99. The molecule has 104 valence electrons. The molecule has 0 bridgehead atoms. The maximum atomic E-state index is 12.1. The molecule has 1 amide bonds. The molecule has 0 saturated carbocycles. The van der Waals surface area contributed by atoms with E-state index in [1.54, 1.807) is 25.2 Å². The van der Waals surface area contributed by atoms with Crippen LogP contribution in [0.5, 0.6) is 0 Å². The van der Waals surface area contributed by atoms with E-state index in [0.717, 1.165) is 17.2 Å². The van der Waals surface area contributed by atoms with Crippen LogP contribution in [0.4, 0.5) is 5.69 Å². The van der Waals surface area contributed by atoms with Crippen molar-refractivity contribution in [3.8, 4) is 0 Å². The fraction of sp³-hybridized carbons (Fsp3) is 0.267. The lowest BCUT2D eigenvalue weighted by Crippen LogP contribution is -2.23. The molecular formula is C15H18N4O. The number of aryl methyl sites for hydroxylation is 1. The average molecular weight is 270 g/mol. The molecule has 0 aliphatic heterocycles. The van der Waals surface area contributed by atoms with Crippen molar-refractivity contribution in [2.24, 2.45) is 0 Å². The number of para-hydroxylation sites is 1. The Balaban J connectivity index is 2.16. The Kier molecular flexibility index (Phi) is 4.30. The highest BCUT2D eigenvalue weighted by Gasteiger charge is 2.12. The maximum absolute atomic E-state index is 12.1. The van der Waals surface area contributed by atoms with Crippen LogP contribution in [0.1, 0.15) is 21.9 Å². The number of nitrogens with one attached hydrogen (secondary N) is 1. The van der Waals surface area contributed by atoms with Crippen molar-refractivity contribution >= 4 is 11.6 Å². The summed E-state index contributed by atoms with van der Waals surface area (Å²) in [5.74, 6) is 0.717. The summed E-state index contributed by atoms with van der Waals surface area (Å²) in [5.41, 5.74) is 2.36. The topological polar surface area (TPSA) is 58.1 Å². The second-order valence-corrected chi connectivity index (χ2v) is 4.69. The van der Waals surface area contributed by atoms with Gasteiger partial charge in [0.1, 0.15) is 5.82 Å². The van der Waals surface area contributed by atoms with Gasteiger partial charge in [-0.3, -0.25) is 4.79 Å². The van der Waals surface area contributed by atoms with Gasteiger partial charge >= 0.3 is 0 Å². The van der Waals surface area contributed by atoms with Crippen LogP contribution < -0.4 is 5.32 Å². The minimum absolute atomic E-state index is 0.0213. The number of benzene rings is 1. The molecule has 0 aliphatic rings. The van der Waals surface area contributed by atoms with Gasteiger partial charge in [0.25, 0.3) is 5.91 Å². The third-order valence-corrected chi connectivity index (χ3v) is 2.86. The number of carbonyl (C=O) groups is 1. The summed E-state index contributed by atoms with van der Waals surface area (Å²) in [7, 11) is 3.49. The Morgan fingerprint density at radius 2 is 2.00 bits per heavy atom. The SMILES string of the molecule is Cc1nccc(CNc2ccccc2C(=O)N(C)C)n1. The van der Waals surface area contributed by atoms with Crippen LogP contribution in [0, 0.1) is 6.92 Å². The molecule has 20 heavy (non-hydrogen) atoms. The first-order valence-electron chi connectivity index (χ1n) is 6.41. The van der Waals surface area contributed by atoms with E-state index in [9.17, 15) is 4.79 Å². The normalized spacial score (nSPS) is 10.2. The Labute approximate surface area is 118 Å². The average Bonchev–Trinajstić information content (AvgIpc) is 2.44. The third-order valence-electron chi connectivity index (χ3n) is 2.86. The van der Waals surface area contributed by atoms with Crippen LogP contribution in [0.15, 0.2) is 36.5 Å². The highest BCUT2D eigenvalue weighted by atomic mass is 16.2. The van der Waals surface area contributed by atoms with Gasteiger partial charge < -0.3 is 10.2 Å². The van der Waals surface area contributed by atoms with Crippen LogP contribution in [0.3, 0.4) is 0 Å². The predicted molar refractivity (Wildman–Crippen MR) is 78.6 cm³/mol. The number of carbonyl (C=O) groups excluding carboxylic acids is 1. The Morgan fingerprint density at radius 1 is 1.25 bits per heavy atom. The van der Waals surface area contributed by atoms with Crippen LogP contribution in [0.25, 0.3) is 0 Å². The van der Waals surface area contributed by atoms with E-state index in [1.807, 2.05) is 37.3 Å². The number of nitrogens with zero attached hydrogens (tertiary/aromatic N) is 3. The van der Waals surface area contributed by atoms with E-state index in [1.165, 1.54) is 0 Å². The summed E-state index contributed by atoms with van der Waals surface area (Å²) >= 11 is 0. The number of aromatic nitrogens is 2. The molecule has 0 aliphatic carbocycles. The van der Waals surface area contributed by atoms with Gasteiger partial charge in [0.2, 0.25) is 0 Å². The predicted octanol–water partition coefficient (Wildman–Crippen LogP) is 2.10. The van der Waals surface area contributed by atoms with Crippen molar-refractivity contribution < 1.29 is 4.79 Å². The van der Waals surface area contributed by atoms with Crippen molar-refractivity contribution in [1.29, 1.82) is 0 Å². The fourth-order valence-electron chi connectivity index (χ4n) is 1.85. The summed E-state index contributed by atoms with van der Waals surface area (Å²) in [6.45, 7) is 2.41. The lowest BCUT2D eigenvalue weighted by Gasteiger charge is -2.15. The largest absolute Gasteiger partial charge is 0.379 e. The van der Waals surface area contributed by atoms with E-state index >= 15 is 0 Å². The lowest BCUT2D eigenvalue weighted by molar-refractivity contribution is 0.0828. The van der Waals surface area contributed by atoms with Crippen LogP contribution in [0.2, 0.25) is 0 Å². The summed E-state index contributed by atoms with van der Waals surface area (Å²) in [4.78, 5) is 22.0. The Morgan fingerprint density at radius 3 is 2.70 bits per heavy atom. The standard InChI is InChI=1S/C15H18N4O/c1-11-16-9-8-12(18-11)10-17-14-7-5-4-6-13(14)15(20)19(2)3/h4-9,17H,10H2,1-3H3. The molecule has 2 rings (SSSR count). The molecular weight excluding hydrogens is 252 g/mol. The van der Waals surface area contributed by atoms with Crippen molar-refractivity contribution in [2.75, 3.05) is 19.4 Å². The zero-order valence-electron chi connectivity index (χ0n) is 11.9. The molecule has 0 unspecified atom stereocenters. The van der Waals surface area contributed by atoms with Gasteiger partial charge in [-0.05, 0) is 25.1 Å². The molecule has 0 atom stereocenters. The molecule has 5 heteroatoms. The first-order chi connectivity index (χ1) is 9.58. The van der Waals surface area contributed by atoms with E-state index in [4.69, 9.17) is 0 Å². The number of rotatable bonds is 4. The Hall–Kier alpha value is -2.43. The Bertz CT molecular complexity index is 610. The number of hydrogen-bond acceptors (Lipinski definition) is 4. The minimum atomic E-state index is -0.0213. The number of hydrogen-bond donors (Lipinski definition) is 1. The molecule has 1 heterocycles. The minimum Gasteiger partial charge on any atom is -0.379 e. The lowest BCUT2D eigenvalue weighted by atomic mass is 10.1. The van der Waals surface area contributed by atoms with E-state index in [-0.39, 0.29) is 5.91 Å². The molecule has 1 N–H and O–H groups in total. The van der Waals surface area contributed by atoms with E-state index in [2.05, 4.69) is 15.3 Å². The zero-order chi connectivity index (χ0) is 14.5. The van der Waals surface area contributed by atoms with Gasteiger partial charge in [0, 0.05) is 26.0 Å². The molecule has 0 saturated heterocycles. The van der Waals surface area contributed by atoms with Crippen LogP contribution >= 0.6 is 0 Å². The van der Waals surface area contributed by atoms with Gasteiger partial charge in [0.05, 0.1) is 17.8 Å². The second-order valence-electron chi connectivity index (χ2n) is 4.69. The molecule has 2 aromatic rings. The number of anilines is 1. The quantitative estimate of drug-likeness (QED) is 0.924. The molecule has 0 fully saturated rings. The fourth-order valence-corrected chi connectivity index (χ4v) is 1.85. The van der Waals surface area contributed by atoms with Crippen molar-refractivity contribution in [2.45, 2.75) is 13.5 Å². The summed E-state index contributed by atoms with van der Waals surface area (Å²) in [6.07, 6.45) is 1.73. The third kappa shape index (κ3) is 3.32. The maximum Gasteiger partial charge on any atom is 0.255 e. The molecule has 1 aromatic heterocycles. The van der Waals surface area contributed by atoms with Crippen molar-refractivity contribution in [3.05, 3.63) is 53.6 Å². The smallest absolute Gasteiger partial charge is 0.255 e. The first-order valence-corrected chi connectivity index (χ1v) is 6.41. The summed E-state index contributed by atoms with van der Waals surface area (Å²) in [6, 6.07) is 9.33. The summed E-state index contributed by atoms with van der Waals surface area (Å²) < 4.78 is 0. The van der Waals surface area contributed by atoms with Crippen molar-refractivity contribution in [1.82, 2.24) is 14.9 Å². The van der Waals surface area contributed by atoms with Gasteiger partial charge in [-0.15, -0.1) is 0 Å². The zero-order valence-corrected chi connectivity index (χ0v) is 11.9.